The zero-order chi connectivity index (χ0) is 13.6. The smallest absolute Gasteiger partial charge is 0.318 e. The number of hydrogen-bond donors (Lipinski definition) is 1. The monoisotopic (exact) mass is 246 g/mol. The lowest BCUT2D eigenvalue weighted by Gasteiger charge is -2.23. The first-order valence-electron chi connectivity index (χ1n) is 4.68. The molecule has 0 unspecified atom stereocenters. The van der Waals surface area contributed by atoms with Crippen molar-refractivity contribution in [3.63, 3.8) is 0 Å². The molecule has 0 aromatic carbocycles. The standard InChI is InChI=1S/C10H14O7/c1-6(11)10(9(14)15,4-7(12)16-2)5-8(13)17-3/h4-5H2,1-3H3,(H,14,15). The number of carbonyl (C=O) groups is 4. The van der Waals surface area contributed by atoms with Gasteiger partial charge in [-0.15, -0.1) is 0 Å². The zero-order valence-electron chi connectivity index (χ0n) is 9.81. The summed E-state index contributed by atoms with van der Waals surface area (Å²) in [5.74, 6) is -4.13. The highest BCUT2D eigenvalue weighted by molar-refractivity contribution is 6.07. The van der Waals surface area contributed by atoms with Crippen molar-refractivity contribution in [2.75, 3.05) is 14.2 Å². The van der Waals surface area contributed by atoms with Crippen LogP contribution in [-0.4, -0.2) is 43.0 Å². The maximum atomic E-state index is 11.4. The van der Waals surface area contributed by atoms with E-state index in [4.69, 9.17) is 5.11 Å². The number of carbonyl (C=O) groups excluding carboxylic acids is 3. The summed E-state index contributed by atoms with van der Waals surface area (Å²) in [5.41, 5.74) is -2.12. The average Bonchev–Trinajstić information content (AvgIpc) is 2.26. The predicted octanol–water partition coefficient (Wildman–Crippen LogP) is -0.227. The molecule has 0 radical (unpaired) electrons. The summed E-state index contributed by atoms with van der Waals surface area (Å²) in [7, 11) is 2.13. The Hall–Kier alpha value is -1.92. The van der Waals surface area contributed by atoms with Gasteiger partial charge in [-0.25, -0.2) is 0 Å². The van der Waals surface area contributed by atoms with E-state index in [1.165, 1.54) is 0 Å². The van der Waals surface area contributed by atoms with Gasteiger partial charge in [0.05, 0.1) is 27.1 Å². The second-order valence-corrected chi connectivity index (χ2v) is 3.45. The van der Waals surface area contributed by atoms with Crippen molar-refractivity contribution < 1.29 is 33.8 Å². The minimum Gasteiger partial charge on any atom is -0.480 e. The molecule has 0 rings (SSSR count). The molecule has 0 aromatic heterocycles. The molecule has 0 bridgehead atoms. The third kappa shape index (κ3) is 3.54. The highest BCUT2D eigenvalue weighted by atomic mass is 16.5. The van der Waals surface area contributed by atoms with Crippen LogP contribution in [0.1, 0.15) is 19.8 Å². The quantitative estimate of drug-likeness (QED) is 0.509. The van der Waals surface area contributed by atoms with Gasteiger partial charge in [0, 0.05) is 0 Å². The van der Waals surface area contributed by atoms with Gasteiger partial charge in [-0.2, -0.15) is 0 Å². The highest BCUT2D eigenvalue weighted by Gasteiger charge is 2.48. The number of rotatable bonds is 6. The van der Waals surface area contributed by atoms with Gasteiger partial charge in [0.1, 0.15) is 11.2 Å². The Kier molecular flexibility index (Phi) is 5.30. The van der Waals surface area contributed by atoms with Crippen LogP contribution in [0.2, 0.25) is 0 Å². The first-order valence-corrected chi connectivity index (χ1v) is 4.68. The van der Waals surface area contributed by atoms with Gasteiger partial charge in [-0.1, -0.05) is 0 Å². The number of aliphatic carboxylic acids is 1. The van der Waals surface area contributed by atoms with Gasteiger partial charge in [0.15, 0.2) is 0 Å². The van der Waals surface area contributed by atoms with Crippen molar-refractivity contribution in [3.05, 3.63) is 0 Å². The van der Waals surface area contributed by atoms with Crippen LogP contribution in [-0.2, 0) is 28.7 Å². The van der Waals surface area contributed by atoms with Crippen LogP contribution in [0.5, 0.6) is 0 Å². The summed E-state index contributed by atoms with van der Waals surface area (Å²) in [6, 6.07) is 0. The van der Waals surface area contributed by atoms with Crippen molar-refractivity contribution in [2.45, 2.75) is 19.8 Å². The van der Waals surface area contributed by atoms with E-state index < -0.39 is 41.9 Å². The van der Waals surface area contributed by atoms with E-state index in [0.717, 1.165) is 21.1 Å². The van der Waals surface area contributed by atoms with E-state index >= 15 is 0 Å². The summed E-state index contributed by atoms with van der Waals surface area (Å²) in [4.78, 5) is 44.8. The third-order valence-corrected chi connectivity index (χ3v) is 2.43. The summed E-state index contributed by atoms with van der Waals surface area (Å²) >= 11 is 0. The van der Waals surface area contributed by atoms with Crippen molar-refractivity contribution >= 4 is 23.7 Å². The van der Waals surface area contributed by atoms with Crippen molar-refractivity contribution in [1.29, 1.82) is 0 Å². The molecule has 0 aliphatic heterocycles. The fraction of sp³-hybridized carbons (Fsp3) is 0.600. The zero-order valence-corrected chi connectivity index (χ0v) is 9.81. The van der Waals surface area contributed by atoms with E-state index in [1.54, 1.807) is 0 Å². The van der Waals surface area contributed by atoms with Crippen molar-refractivity contribution in [3.8, 4) is 0 Å². The van der Waals surface area contributed by atoms with Gasteiger partial charge in [0.25, 0.3) is 0 Å². The number of Topliss-reactive ketones (excluding diaryl/α,β-unsaturated/α-hetero) is 1. The maximum absolute atomic E-state index is 11.4. The Morgan fingerprint density at radius 2 is 1.35 bits per heavy atom. The average molecular weight is 246 g/mol. The molecule has 7 heteroatoms. The number of methoxy groups -OCH3 is 2. The van der Waals surface area contributed by atoms with Gasteiger partial charge in [-0.3, -0.25) is 19.2 Å². The Balaban J connectivity index is 5.28. The number of ether oxygens (including phenoxy) is 2. The van der Waals surface area contributed by atoms with Crippen LogP contribution in [0.3, 0.4) is 0 Å². The van der Waals surface area contributed by atoms with Gasteiger partial charge >= 0.3 is 17.9 Å². The molecule has 0 spiro atoms. The number of carboxylic acids is 1. The number of hydrogen-bond acceptors (Lipinski definition) is 6. The van der Waals surface area contributed by atoms with Gasteiger partial charge in [0.2, 0.25) is 0 Å². The first kappa shape index (κ1) is 15.1. The molecule has 0 heterocycles. The van der Waals surface area contributed by atoms with Crippen LogP contribution >= 0.6 is 0 Å². The highest BCUT2D eigenvalue weighted by Crippen LogP contribution is 2.29. The van der Waals surface area contributed by atoms with E-state index in [-0.39, 0.29) is 0 Å². The van der Waals surface area contributed by atoms with Crippen molar-refractivity contribution in [1.82, 2.24) is 0 Å². The lowest BCUT2D eigenvalue weighted by molar-refractivity contribution is -0.166. The van der Waals surface area contributed by atoms with Crippen LogP contribution in [0.25, 0.3) is 0 Å². The lowest BCUT2D eigenvalue weighted by atomic mass is 9.77. The molecule has 0 saturated carbocycles. The molecule has 0 aromatic rings. The molecule has 7 nitrogen and oxygen atoms in total. The van der Waals surface area contributed by atoms with Gasteiger partial charge in [-0.05, 0) is 6.92 Å². The number of ketones is 1. The van der Waals surface area contributed by atoms with E-state index in [1.807, 2.05) is 0 Å². The molecule has 17 heavy (non-hydrogen) atoms. The Labute approximate surface area is 97.7 Å². The Morgan fingerprint density at radius 1 is 1.00 bits per heavy atom. The molecular weight excluding hydrogens is 232 g/mol. The minimum atomic E-state index is -2.12. The van der Waals surface area contributed by atoms with Crippen LogP contribution in [0.15, 0.2) is 0 Å². The minimum absolute atomic E-state index is 0.705. The summed E-state index contributed by atoms with van der Waals surface area (Å²) in [6.07, 6.45) is -1.41. The predicted molar refractivity (Wildman–Crippen MR) is 54.0 cm³/mol. The molecule has 96 valence electrons. The van der Waals surface area contributed by atoms with E-state index in [0.29, 0.717) is 0 Å². The van der Waals surface area contributed by atoms with Gasteiger partial charge < -0.3 is 14.6 Å². The fourth-order valence-electron chi connectivity index (χ4n) is 1.25. The molecular formula is C10H14O7. The van der Waals surface area contributed by atoms with Crippen LogP contribution in [0.4, 0.5) is 0 Å². The Morgan fingerprint density at radius 3 is 1.53 bits per heavy atom. The van der Waals surface area contributed by atoms with E-state index in [9.17, 15) is 19.2 Å². The largest absolute Gasteiger partial charge is 0.480 e. The second kappa shape index (κ2) is 5.97. The second-order valence-electron chi connectivity index (χ2n) is 3.45. The Bertz CT molecular complexity index is 311. The molecule has 0 fully saturated rings. The molecule has 0 aliphatic rings. The van der Waals surface area contributed by atoms with Crippen molar-refractivity contribution in [2.24, 2.45) is 5.41 Å². The number of esters is 2. The van der Waals surface area contributed by atoms with Crippen LogP contribution in [0, 0.1) is 5.41 Å². The molecule has 0 aliphatic carbocycles. The fourth-order valence-corrected chi connectivity index (χ4v) is 1.25. The normalized spacial score (nSPS) is 10.5. The molecule has 0 atom stereocenters. The topological polar surface area (TPSA) is 107 Å². The molecule has 0 saturated heterocycles. The molecule has 1 N–H and O–H groups in total. The third-order valence-electron chi connectivity index (χ3n) is 2.43. The van der Waals surface area contributed by atoms with E-state index in [2.05, 4.69) is 9.47 Å². The molecule has 0 amide bonds. The summed E-state index contributed by atoms with van der Waals surface area (Å²) in [5, 5.41) is 9.05. The lowest BCUT2D eigenvalue weighted by Crippen LogP contribution is -2.42. The summed E-state index contributed by atoms with van der Waals surface area (Å²) in [6.45, 7) is 1.00. The first-order chi connectivity index (χ1) is 7.80. The maximum Gasteiger partial charge on any atom is 0.318 e. The summed E-state index contributed by atoms with van der Waals surface area (Å²) < 4.78 is 8.63. The number of carboxylic acid groups (broad SMARTS) is 1. The van der Waals surface area contributed by atoms with Crippen LogP contribution < -0.4 is 0 Å². The SMILES string of the molecule is COC(=O)CC(CC(=O)OC)(C(C)=O)C(=O)O.